The van der Waals surface area contributed by atoms with Gasteiger partial charge in [0.1, 0.15) is 0 Å². The van der Waals surface area contributed by atoms with E-state index in [-0.39, 0.29) is 0 Å². The Labute approximate surface area is 81.3 Å². The van der Waals surface area contributed by atoms with Crippen LogP contribution in [0.5, 0.6) is 0 Å². The topological polar surface area (TPSA) is 25.8 Å². The third kappa shape index (κ3) is 1.75. The maximum absolute atomic E-state index is 4.20. The number of aromatic nitrogens is 2. The molecule has 2 heterocycles. The second kappa shape index (κ2) is 3.66. The summed E-state index contributed by atoms with van der Waals surface area (Å²) < 4.78 is 0. The molecular formula is C10H10N2S. The van der Waals surface area contributed by atoms with E-state index in [1.807, 2.05) is 6.07 Å². The zero-order valence-corrected chi connectivity index (χ0v) is 8.21. The van der Waals surface area contributed by atoms with Crippen LogP contribution in [0.3, 0.4) is 0 Å². The highest BCUT2D eigenvalue weighted by Crippen LogP contribution is 2.24. The number of hydrogen-bond acceptors (Lipinski definition) is 3. The average Bonchev–Trinajstić information content (AvgIpc) is 2.67. The first-order chi connectivity index (χ1) is 6.40. The van der Waals surface area contributed by atoms with Crippen molar-refractivity contribution in [2.24, 2.45) is 0 Å². The molecule has 0 radical (unpaired) electrons. The summed E-state index contributed by atoms with van der Waals surface area (Å²) in [5.74, 6) is 0.826. The van der Waals surface area contributed by atoms with Crippen molar-refractivity contribution in [1.82, 2.24) is 9.97 Å². The van der Waals surface area contributed by atoms with Crippen LogP contribution in [0, 0.1) is 0 Å². The number of rotatable bonds is 2. The van der Waals surface area contributed by atoms with Crippen molar-refractivity contribution in [2.75, 3.05) is 0 Å². The lowest BCUT2D eigenvalue weighted by atomic mass is 10.3. The van der Waals surface area contributed by atoms with Crippen molar-refractivity contribution in [3.8, 4) is 10.7 Å². The van der Waals surface area contributed by atoms with E-state index in [4.69, 9.17) is 0 Å². The Balaban J connectivity index is 2.36. The molecule has 66 valence electrons. The van der Waals surface area contributed by atoms with Crippen LogP contribution in [0.1, 0.15) is 11.8 Å². The Morgan fingerprint density at radius 1 is 1.23 bits per heavy atom. The molecule has 0 N–H and O–H groups in total. The van der Waals surface area contributed by atoms with E-state index in [1.165, 1.54) is 4.88 Å². The van der Waals surface area contributed by atoms with Gasteiger partial charge in [0.05, 0.1) is 4.88 Å². The predicted molar refractivity (Wildman–Crippen MR) is 54.7 cm³/mol. The standard InChI is InChI=1S/C10H10N2S/c1-2-8-4-5-9(13-8)10-11-6-3-7-12-10/h3-7H,2H2,1H3. The number of aryl methyl sites for hydroxylation is 1. The van der Waals surface area contributed by atoms with E-state index in [9.17, 15) is 0 Å². The molecule has 0 saturated carbocycles. The molecule has 2 rings (SSSR count). The Morgan fingerprint density at radius 3 is 2.62 bits per heavy atom. The number of hydrogen-bond donors (Lipinski definition) is 0. The Kier molecular flexibility index (Phi) is 2.36. The maximum Gasteiger partial charge on any atom is 0.169 e. The largest absolute Gasteiger partial charge is 0.236 e. The summed E-state index contributed by atoms with van der Waals surface area (Å²) in [7, 11) is 0. The summed E-state index contributed by atoms with van der Waals surface area (Å²) in [6.45, 7) is 2.15. The van der Waals surface area contributed by atoms with E-state index in [1.54, 1.807) is 23.7 Å². The van der Waals surface area contributed by atoms with Crippen LogP contribution >= 0.6 is 11.3 Å². The van der Waals surface area contributed by atoms with Crippen LogP contribution in [-0.2, 0) is 6.42 Å². The molecule has 0 aliphatic carbocycles. The van der Waals surface area contributed by atoms with E-state index >= 15 is 0 Å². The number of nitrogens with zero attached hydrogens (tertiary/aromatic N) is 2. The lowest BCUT2D eigenvalue weighted by Gasteiger charge is -1.92. The first-order valence-corrected chi connectivity index (χ1v) is 5.08. The second-order valence-corrected chi connectivity index (χ2v) is 3.86. The summed E-state index contributed by atoms with van der Waals surface area (Å²) in [5.41, 5.74) is 0. The van der Waals surface area contributed by atoms with Crippen molar-refractivity contribution in [3.05, 3.63) is 35.5 Å². The van der Waals surface area contributed by atoms with Gasteiger partial charge in [0.2, 0.25) is 0 Å². The first-order valence-electron chi connectivity index (χ1n) is 4.26. The molecule has 13 heavy (non-hydrogen) atoms. The van der Waals surface area contributed by atoms with Crippen molar-refractivity contribution < 1.29 is 0 Å². The summed E-state index contributed by atoms with van der Waals surface area (Å²) >= 11 is 1.76. The zero-order valence-electron chi connectivity index (χ0n) is 7.40. The summed E-state index contributed by atoms with van der Waals surface area (Å²) in [5, 5.41) is 0. The monoisotopic (exact) mass is 190 g/mol. The molecule has 2 nitrogen and oxygen atoms in total. The van der Waals surface area contributed by atoms with E-state index in [2.05, 4.69) is 29.0 Å². The first kappa shape index (κ1) is 8.38. The van der Waals surface area contributed by atoms with Gasteiger partial charge in [-0.05, 0) is 24.6 Å². The van der Waals surface area contributed by atoms with Crippen LogP contribution in [-0.4, -0.2) is 9.97 Å². The van der Waals surface area contributed by atoms with Gasteiger partial charge >= 0.3 is 0 Å². The molecule has 0 spiro atoms. The zero-order chi connectivity index (χ0) is 9.10. The highest BCUT2D eigenvalue weighted by molar-refractivity contribution is 7.15. The fourth-order valence-electron chi connectivity index (χ4n) is 1.11. The Hall–Kier alpha value is -1.22. The van der Waals surface area contributed by atoms with E-state index in [0.717, 1.165) is 17.1 Å². The van der Waals surface area contributed by atoms with Gasteiger partial charge in [-0.25, -0.2) is 9.97 Å². The van der Waals surface area contributed by atoms with Gasteiger partial charge in [0, 0.05) is 17.3 Å². The van der Waals surface area contributed by atoms with Gasteiger partial charge < -0.3 is 0 Å². The van der Waals surface area contributed by atoms with Gasteiger partial charge in [0.25, 0.3) is 0 Å². The Morgan fingerprint density at radius 2 is 2.00 bits per heavy atom. The van der Waals surface area contributed by atoms with Crippen LogP contribution < -0.4 is 0 Å². The third-order valence-corrected chi connectivity index (χ3v) is 3.02. The lowest BCUT2D eigenvalue weighted by Crippen LogP contribution is -1.81. The highest BCUT2D eigenvalue weighted by Gasteiger charge is 2.02. The van der Waals surface area contributed by atoms with Crippen molar-refractivity contribution in [3.63, 3.8) is 0 Å². The Bertz CT molecular complexity index is 381. The molecule has 0 bridgehead atoms. The van der Waals surface area contributed by atoms with Crippen LogP contribution in [0.2, 0.25) is 0 Å². The molecular weight excluding hydrogens is 180 g/mol. The predicted octanol–water partition coefficient (Wildman–Crippen LogP) is 2.77. The second-order valence-electron chi connectivity index (χ2n) is 2.69. The molecule has 0 aliphatic rings. The summed E-state index contributed by atoms with van der Waals surface area (Å²) in [4.78, 5) is 10.9. The van der Waals surface area contributed by atoms with Crippen LogP contribution in [0.15, 0.2) is 30.6 Å². The fraction of sp³-hybridized carbons (Fsp3) is 0.200. The molecule has 2 aromatic rings. The molecule has 2 aromatic heterocycles. The molecule has 0 unspecified atom stereocenters. The molecule has 0 fully saturated rings. The minimum atomic E-state index is 0.826. The summed E-state index contributed by atoms with van der Waals surface area (Å²) in [6.07, 6.45) is 4.62. The van der Waals surface area contributed by atoms with Crippen molar-refractivity contribution in [1.29, 1.82) is 0 Å². The van der Waals surface area contributed by atoms with Crippen LogP contribution in [0.4, 0.5) is 0 Å². The van der Waals surface area contributed by atoms with Crippen molar-refractivity contribution in [2.45, 2.75) is 13.3 Å². The van der Waals surface area contributed by atoms with Gasteiger partial charge in [-0.15, -0.1) is 11.3 Å². The normalized spacial score (nSPS) is 10.2. The third-order valence-electron chi connectivity index (χ3n) is 1.80. The highest BCUT2D eigenvalue weighted by atomic mass is 32.1. The van der Waals surface area contributed by atoms with E-state index in [0.29, 0.717) is 0 Å². The van der Waals surface area contributed by atoms with Crippen LogP contribution in [0.25, 0.3) is 10.7 Å². The van der Waals surface area contributed by atoms with E-state index < -0.39 is 0 Å². The minimum Gasteiger partial charge on any atom is -0.236 e. The number of thiophene rings is 1. The average molecular weight is 190 g/mol. The van der Waals surface area contributed by atoms with Gasteiger partial charge in [-0.2, -0.15) is 0 Å². The lowest BCUT2D eigenvalue weighted by molar-refractivity contribution is 1.19. The molecule has 0 amide bonds. The van der Waals surface area contributed by atoms with Crippen molar-refractivity contribution >= 4 is 11.3 Å². The molecule has 0 aliphatic heterocycles. The minimum absolute atomic E-state index is 0.826. The van der Waals surface area contributed by atoms with Gasteiger partial charge in [0.15, 0.2) is 5.82 Å². The maximum atomic E-state index is 4.20. The fourth-order valence-corrected chi connectivity index (χ4v) is 2.01. The SMILES string of the molecule is CCc1ccc(-c2ncccn2)s1. The smallest absolute Gasteiger partial charge is 0.169 e. The molecule has 0 saturated heterocycles. The van der Waals surface area contributed by atoms with Gasteiger partial charge in [-0.1, -0.05) is 6.92 Å². The molecule has 0 aromatic carbocycles. The quantitative estimate of drug-likeness (QED) is 0.727. The van der Waals surface area contributed by atoms with Gasteiger partial charge in [-0.3, -0.25) is 0 Å². The molecule has 3 heteroatoms. The molecule has 0 atom stereocenters. The summed E-state index contributed by atoms with van der Waals surface area (Å²) in [6, 6.07) is 6.05.